The fourth-order valence-corrected chi connectivity index (χ4v) is 4.50. The highest BCUT2D eigenvalue weighted by molar-refractivity contribution is 6.31. The number of amides is 1. The molecule has 0 aliphatic carbocycles. The van der Waals surface area contributed by atoms with Crippen LogP contribution in [0.15, 0.2) is 35.1 Å². The number of carbonyl (C=O) groups excluding carboxylic acids is 1. The topological polar surface area (TPSA) is 128 Å². The van der Waals surface area contributed by atoms with Gasteiger partial charge in [-0.25, -0.2) is 9.78 Å². The quantitative estimate of drug-likeness (QED) is 0.385. The molecule has 2 N–H and O–H groups in total. The van der Waals surface area contributed by atoms with Crippen LogP contribution in [0.2, 0.25) is 5.02 Å². The molecular weight excluding hydrogens is 462 g/mol. The van der Waals surface area contributed by atoms with Gasteiger partial charge < -0.3 is 25.5 Å². The van der Waals surface area contributed by atoms with Crippen molar-refractivity contribution in [1.29, 1.82) is 0 Å². The Bertz CT molecular complexity index is 1290. The Labute approximate surface area is 199 Å². The molecule has 0 unspecified atom stereocenters. The first-order valence-electron chi connectivity index (χ1n) is 11.1. The van der Waals surface area contributed by atoms with Crippen LogP contribution in [0.5, 0.6) is 5.75 Å². The number of pyridine rings is 1. The van der Waals surface area contributed by atoms with Crippen molar-refractivity contribution >= 4 is 34.4 Å². The van der Waals surface area contributed by atoms with Crippen molar-refractivity contribution in [2.24, 2.45) is 0 Å². The van der Waals surface area contributed by atoms with Gasteiger partial charge in [0.2, 0.25) is 0 Å². The molecule has 178 valence electrons. The molecule has 2 aliphatic heterocycles. The normalized spacial score (nSPS) is 16.8. The van der Waals surface area contributed by atoms with E-state index in [2.05, 4.69) is 25.6 Å². The lowest BCUT2D eigenvalue weighted by Gasteiger charge is -2.32. The summed E-state index contributed by atoms with van der Waals surface area (Å²) in [7, 11) is 0. The van der Waals surface area contributed by atoms with Gasteiger partial charge in [-0.2, -0.15) is 0 Å². The molecule has 0 bridgehead atoms. The first-order chi connectivity index (χ1) is 16.5. The van der Waals surface area contributed by atoms with E-state index in [-0.39, 0.29) is 12.5 Å². The molecule has 1 amide bonds. The summed E-state index contributed by atoms with van der Waals surface area (Å²) in [6, 6.07) is 8.87. The van der Waals surface area contributed by atoms with Gasteiger partial charge in [0.1, 0.15) is 5.52 Å². The molecule has 2 aromatic heterocycles. The van der Waals surface area contributed by atoms with Crippen LogP contribution in [-0.2, 0) is 17.9 Å². The third kappa shape index (κ3) is 4.81. The first-order valence-corrected chi connectivity index (χ1v) is 11.5. The molecule has 11 nitrogen and oxygen atoms in total. The fourth-order valence-electron chi connectivity index (χ4n) is 4.33. The zero-order valence-electron chi connectivity index (χ0n) is 18.4. The minimum atomic E-state index is -0.583. The van der Waals surface area contributed by atoms with Gasteiger partial charge in [0.05, 0.1) is 10.8 Å². The van der Waals surface area contributed by atoms with Gasteiger partial charge in [0.15, 0.2) is 18.2 Å². The minimum Gasteiger partial charge on any atom is -0.594 e. The van der Waals surface area contributed by atoms with Crippen LogP contribution in [0, 0.1) is 5.21 Å². The Balaban J connectivity index is 1.14. The molecule has 3 aromatic rings. The average Bonchev–Trinajstić information content (AvgIpc) is 2.83. The molecule has 12 heteroatoms. The number of carbonyl (C=O) groups is 1. The number of nitrogens with zero attached hydrogens (tertiary/aromatic N) is 5. The Hall–Kier alpha value is -3.28. The van der Waals surface area contributed by atoms with Crippen molar-refractivity contribution in [3.63, 3.8) is 0 Å². The molecular formula is C22H24ClN7O4. The zero-order valence-corrected chi connectivity index (χ0v) is 19.1. The van der Waals surface area contributed by atoms with Crippen molar-refractivity contribution < 1.29 is 14.4 Å². The molecule has 1 fully saturated rings. The Kier molecular flexibility index (Phi) is 6.31. The Morgan fingerprint density at radius 1 is 1.21 bits per heavy atom. The summed E-state index contributed by atoms with van der Waals surface area (Å²) >= 11 is 6.08. The zero-order chi connectivity index (χ0) is 23.7. The van der Waals surface area contributed by atoms with Crippen molar-refractivity contribution in [2.75, 3.05) is 31.6 Å². The van der Waals surface area contributed by atoms with E-state index in [1.807, 2.05) is 12.1 Å². The number of halogens is 1. The summed E-state index contributed by atoms with van der Waals surface area (Å²) in [6.45, 7) is 3.48. The molecule has 4 heterocycles. The number of aromatic nitrogens is 4. The third-order valence-corrected chi connectivity index (χ3v) is 6.41. The summed E-state index contributed by atoms with van der Waals surface area (Å²) < 4.78 is 6.85. The van der Waals surface area contributed by atoms with Gasteiger partial charge in [-0.1, -0.05) is 11.6 Å². The second-order valence-corrected chi connectivity index (χ2v) is 8.86. The molecule has 1 aromatic carbocycles. The maximum Gasteiger partial charge on any atom is 0.409 e. The number of fused-ring (bicyclic) bond motifs is 2. The standard InChI is InChI=1S/C22H24ClN7O4/c23-14-1-3-17-18(11-14)29(22(32)27-30(17)33)10-9-28-7-5-15(6-8-28)24-12-16-2-4-19-21(25-16)26-20(31)13-34-19/h1-4,11,15,24H,5-10,12-13H2,(H,25,26,31). The van der Waals surface area contributed by atoms with Gasteiger partial charge in [-0.05, 0) is 55.0 Å². The molecule has 0 saturated carbocycles. The second kappa shape index (κ2) is 9.53. The minimum absolute atomic E-state index is 0.0167. The SMILES string of the molecule is O=C1COc2ccc(CNC3CCN(CCn4c(=O)n[n+]([O-])c5ccc(Cl)cc54)CC3)nc2N1. The van der Waals surface area contributed by atoms with Crippen molar-refractivity contribution in [3.05, 3.63) is 56.7 Å². The van der Waals surface area contributed by atoms with Gasteiger partial charge in [0.25, 0.3) is 11.4 Å². The summed E-state index contributed by atoms with van der Waals surface area (Å²) in [5.74, 6) is 0.853. The van der Waals surface area contributed by atoms with Crippen LogP contribution in [0.1, 0.15) is 18.5 Å². The second-order valence-electron chi connectivity index (χ2n) is 8.42. The highest BCUT2D eigenvalue weighted by atomic mass is 35.5. The van der Waals surface area contributed by atoms with E-state index in [1.54, 1.807) is 18.2 Å². The van der Waals surface area contributed by atoms with Crippen LogP contribution in [0.25, 0.3) is 11.0 Å². The Morgan fingerprint density at radius 3 is 2.85 bits per heavy atom. The summed E-state index contributed by atoms with van der Waals surface area (Å²) in [5.41, 5.74) is 1.05. The van der Waals surface area contributed by atoms with Crippen LogP contribution < -0.4 is 25.9 Å². The van der Waals surface area contributed by atoms with E-state index < -0.39 is 5.69 Å². The molecule has 2 aliphatic rings. The van der Waals surface area contributed by atoms with Crippen LogP contribution in [0.3, 0.4) is 0 Å². The van der Waals surface area contributed by atoms with Crippen molar-refractivity contribution in [3.8, 4) is 5.75 Å². The number of likely N-dealkylation sites (tertiary alicyclic amines) is 1. The highest BCUT2D eigenvalue weighted by Gasteiger charge is 2.21. The predicted molar refractivity (Wildman–Crippen MR) is 125 cm³/mol. The molecule has 0 spiro atoms. The van der Waals surface area contributed by atoms with E-state index in [4.69, 9.17) is 16.3 Å². The van der Waals surface area contributed by atoms with E-state index in [9.17, 15) is 14.8 Å². The van der Waals surface area contributed by atoms with Gasteiger partial charge in [-0.3, -0.25) is 9.36 Å². The van der Waals surface area contributed by atoms with Crippen molar-refractivity contribution in [2.45, 2.75) is 32.0 Å². The summed E-state index contributed by atoms with van der Waals surface area (Å²) in [4.78, 5) is 30.9. The number of ether oxygens (including phenoxy) is 1. The smallest absolute Gasteiger partial charge is 0.409 e. The summed E-state index contributed by atoms with van der Waals surface area (Å²) in [6.07, 6.45) is 1.92. The van der Waals surface area contributed by atoms with Gasteiger partial charge in [-0.15, -0.1) is 0 Å². The highest BCUT2D eigenvalue weighted by Crippen LogP contribution is 2.25. The lowest BCUT2D eigenvalue weighted by Crippen LogP contribution is -2.46. The third-order valence-electron chi connectivity index (χ3n) is 6.17. The lowest BCUT2D eigenvalue weighted by molar-refractivity contribution is -0.645. The first kappa shape index (κ1) is 22.5. The van der Waals surface area contributed by atoms with Gasteiger partial charge >= 0.3 is 5.69 Å². The van der Waals surface area contributed by atoms with E-state index in [0.29, 0.717) is 58.1 Å². The van der Waals surface area contributed by atoms with E-state index >= 15 is 0 Å². The maximum absolute atomic E-state index is 12.3. The van der Waals surface area contributed by atoms with Crippen LogP contribution in [0.4, 0.5) is 5.82 Å². The van der Waals surface area contributed by atoms with Crippen molar-refractivity contribution in [1.82, 2.24) is 24.9 Å². The number of hydrogen-bond donors (Lipinski definition) is 2. The Morgan fingerprint density at radius 2 is 2.03 bits per heavy atom. The molecule has 0 atom stereocenters. The fraction of sp³-hybridized carbons (Fsp3) is 0.409. The largest absolute Gasteiger partial charge is 0.594 e. The van der Waals surface area contributed by atoms with E-state index in [0.717, 1.165) is 31.6 Å². The maximum atomic E-state index is 12.3. The molecule has 0 radical (unpaired) electrons. The molecule has 1 saturated heterocycles. The number of anilines is 1. The summed E-state index contributed by atoms with van der Waals surface area (Å²) in [5, 5.41) is 22.2. The van der Waals surface area contributed by atoms with Crippen LogP contribution in [-0.4, -0.2) is 57.7 Å². The lowest BCUT2D eigenvalue weighted by atomic mass is 10.0. The number of benzene rings is 1. The number of piperidine rings is 1. The molecule has 34 heavy (non-hydrogen) atoms. The average molecular weight is 486 g/mol. The molecule has 5 rings (SSSR count). The van der Waals surface area contributed by atoms with Crippen LogP contribution >= 0.6 is 11.6 Å². The van der Waals surface area contributed by atoms with Gasteiger partial charge in [0, 0.05) is 36.8 Å². The predicted octanol–water partition coefficient (Wildman–Crippen LogP) is 0.663. The van der Waals surface area contributed by atoms with E-state index in [1.165, 1.54) is 4.57 Å². The number of rotatable bonds is 6. The number of hydrogen-bond acceptors (Lipinski definition) is 8. The number of nitrogens with one attached hydrogen (secondary N) is 2. The monoisotopic (exact) mass is 485 g/mol.